The number of hydrogen-bond acceptors (Lipinski definition) is 2. The molecule has 0 aromatic heterocycles. The van der Waals surface area contributed by atoms with E-state index in [1.807, 2.05) is 7.05 Å². The Hall–Kier alpha value is -0.860. The van der Waals surface area contributed by atoms with Gasteiger partial charge in [-0.05, 0) is 49.8 Å². The summed E-state index contributed by atoms with van der Waals surface area (Å²) in [5, 5.41) is 3.34. The molecule has 0 amide bonds. The Labute approximate surface area is 117 Å². The highest BCUT2D eigenvalue weighted by Gasteiger charge is 2.29. The van der Waals surface area contributed by atoms with Crippen molar-refractivity contribution in [1.82, 2.24) is 5.32 Å². The van der Waals surface area contributed by atoms with Crippen LogP contribution in [0.25, 0.3) is 0 Å². The predicted octanol–water partition coefficient (Wildman–Crippen LogP) is 3.71. The zero-order chi connectivity index (χ0) is 13.9. The van der Waals surface area contributed by atoms with E-state index in [-0.39, 0.29) is 11.5 Å². The molecule has 19 heavy (non-hydrogen) atoms. The fraction of sp³-hybridized carbons (Fsp3) is 0.647. The molecule has 0 aliphatic carbocycles. The number of benzene rings is 1. The van der Waals surface area contributed by atoms with Gasteiger partial charge in [0, 0.05) is 6.04 Å². The van der Waals surface area contributed by atoms with Crippen LogP contribution in [0.4, 0.5) is 0 Å². The number of fused-ring (bicyclic) bond motifs is 1. The third kappa shape index (κ3) is 3.80. The SMILES string of the molecule is CNC(C)CC(C)(C)CC1OCCc2ccccc21. The highest BCUT2D eigenvalue weighted by molar-refractivity contribution is 5.31. The highest BCUT2D eigenvalue weighted by Crippen LogP contribution is 2.38. The van der Waals surface area contributed by atoms with Crippen molar-refractivity contribution in [1.29, 1.82) is 0 Å². The van der Waals surface area contributed by atoms with E-state index in [9.17, 15) is 0 Å². The zero-order valence-corrected chi connectivity index (χ0v) is 12.7. The van der Waals surface area contributed by atoms with E-state index in [0.29, 0.717) is 6.04 Å². The fourth-order valence-corrected chi connectivity index (χ4v) is 3.16. The number of ether oxygens (including phenoxy) is 1. The summed E-state index contributed by atoms with van der Waals surface area (Å²) in [4.78, 5) is 0. The molecule has 0 fully saturated rings. The summed E-state index contributed by atoms with van der Waals surface area (Å²) in [6, 6.07) is 9.29. The van der Waals surface area contributed by atoms with Gasteiger partial charge in [-0.3, -0.25) is 0 Å². The van der Waals surface area contributed by atoms with Crippen molar-refractivity contribution in [3.05, 3.63) is 35.4 Å². The van der Waals surface area contributed by atoms with Gasteiger partial charge in [-0.2, -0.15) is 0 Å². The molecule has 1 heterocycles. The van der Waals surface area contributed by atoms with Gasteiger partial charge in [0.15, 0.2) is 0 Å². The van der Waals surface area contributed by atoms with Gasteiger partial charge in [0.2, 0.25) is 0 Å². The Balaban J connectivity index is 2.07. The van der Waals surface area contributed by atoms with Gasteiger partial charge in [0.05, 0.1) is 12.7 Å². The molecule has 1 N–H and O–H groups in total. The van der Waals surface area contributed by atoms with Crippen LogP contribution in [-0.2, 0) is 11.2 Å². The molecule has 106 valence electrons. The first-order valence-corrected chi connectivity index (χ1v) is 7.38. The van der Waals surface area contributed by atoms with Crippen molar-refractivity contribution < 1.29 is 4.74 Å². The summed E-state index contributed by atoms with van der Waals surface area (Å²) >= 11 is 0. The van der Waals surface area contributed by atoms with E-state index < -0.39 is 0 Å². The van der Waals surface area contributed by atoms with Crippen molar-refractivity contribution in [2.24, 2.45) is 5.41 Å². The summed E-state index contributed by atoms with van der Waals surface area (Å²) in [6.07, 6.45) is 3.59. The van der Waals surface area contributed by atoms with Crippen LogP contribution in [-0.4, -0.2) is 19.7 Å². The average Bonchev–Trinajstić information content (AvgIpc) is 2.38. The molecular formula is C17H27NO. The molecule has 2 unspecified atom stereocenters. The lowest BCUT2D eigenvalue weighted by atomic mass is 9.78. The quantitative estimate of drug-likeness (QED) is 0.872. The summed E-state index contributed by atoms with van der Waals surface area (Å²) in [6.45, 7) is 7.81. The standard InChI is InChI=1S/C17H27NO/c1-13(18-4)11-17(2,3)12-16-15-8-6-5-7-14(15)9-10-19-16/h5-8,13,16,18H,9-12H2,1-4H3. The van der Waals surface area contributed by atoms with Gasteiger partial charge in [0.1, 0.15) is 0 Å². The molecule has 0 bridgehead atoms. The lowest BCUT2D eigenvalue weighted by Gasteiger charge is -2.34. The van der Waals surface area contributed by atoms with Crippen LogP contribution >= 0.6 is 0 Å². The van der Waals surface area contributed by atoms with E-state index in [1.54, 1.807) is 0 Å². The zero-order valence-electron chi connectivity index (χ0n) is 12.7. The second-order valence-electron chi connectivity index (χ2n) is 6.57. The van der Waals surface area contributed by atoms with Crippen molar-refractivity contribution in [2.75, 3.05) is 13.7 Å². The topological polar surface area (TPSA) is 21.3 Å². The van der Waals surface area contributed by atoms with Gasteiger partial charge >= 0.3 is 0 Å². The van der Waals surface area contributed by atoms with Gasteiger partial charge in [-0.15, -0.1) is 0 Å². The molecule has 2 nitrogen and oxygen atoms in total. The molecule has 2 atom stereocenters. The largest absolute Gasteiger partial charge is 0.373 e. The summed E-state index contributed by atoms with van der Waals surface area (Å²) in [5.41, 5.74) is 3.16. The lowest BCUT2D eigenvalue weighted by Crippen LogP contribution is -2.30. The van der Waals surface area contributed by atoms with E-state index >= 15 is 0 Å². The molecule has 2 rings (SSSR count). The second-order valence-corrected chi connectivity index (χ2v) is 6.57. The van der Waals surface area contributed by atoms with Crippen LogP contribution in [0.15, 0.2) is 24.3 Å². The molecule has 0 radical (unpaired) electrons. The number of hydrogen-bond donors (Lipinski definition) is 1. The second kappa shape index (κ2) is 6.06. The van der Waals surface area contributed by atoms with Crippen molar-refractivity contribution >= 4 is 0 Å². The highest BCUT2D eigenvalue weighted by atomic mass is 16.5. The number of nitrogens with one attached hydrogen (secondary N) is 1. The van der Waals surface area contributed by atoms with E-state index in [4.69, 9.17) is 4.74 Å². The minimum absolute atomic E-state index is 0.268. The Morgan fingerprint density at radius 2 is 2.11 bits per heavy atom. The molecule has 0 saturated heterocycles. The fourth-order valence-electron chi connectivity index (χ4n) is 3.16. The van der Waals surface area contributed by atoms with E-state index in [2.05, 4.69) is 50.4 Å². The molecule has 1 aliphatic heterocycles. The van der Waals surface area contributed by atoms with Crippen LogP contribution in [0.1, 0.15) is 50.8 Å². The molecule has 2 heteroatoms. The van der Waals surface area contributed by atoms with Gasteiger partial charge < -0.3 is 10.1 Å². The first-order chi connectivity index (χ1) is 9.02. The molecule has 1 aromatic rings. The Kier molecular flexibility index (Phi) is 4.64. The van der Waals surface area contributed by atoms with Gasteiger partial charge in [-0.1, -0.05) is 38.1 Å². The maximum Gasteiger partial charge on any atom is 0.0832 e. The average molecular weight is 261 g/mol. The maximum absolute atomic E-state index is 6.04. The molecule has 1 aliphatic rings. The molecular weight excluding hydrogens is 234 g/mol. The predicted molar refractivity (Wildman–Crippen MR) is 80.4 cm³/mol. The molecule has 0 saturated carbocycles. The molecule has 0 spiro atoms. The normalized spacial score (nSPS) is 20.9. The first-order valence-electron chi connectivity index (χ1n) is 7.38. The molecule has 1 aromatic carbocycles. The van der Waals surface area contributed by atoms with Crippen LogP contribution in [0, 0.1) is 5.41 Å². The Bertz CT molecular complexity index is 413. The van der Waals surface area contributed by atoms with Crippen molar-refractivity contribution in [3.8, 4) is 0 Å². The van der Waals surface area contributed by atoms with E-state index in [1.165, 1.54) is 17.5 Å². The first kappa shape index (κ1) is 14.5. The third-order valence-corrected chi connectivity index (χ3v) is 4.18. The summed E-state index contributed by atoms with van der Waals surface area (Å²) in [5.74, 6) is 0. The van der Waals surface area contributed by atoms with Gasteiger partial charge in [-0.25, -0.2) is 0 Å². The minimum atomic E-state index is 0.268. The minimum Gasteiger partial charge on any atom is -0.373 e. The van der Waals surface area contributed by atoms with Crippen LogP contribution in [0.2, 0.25) is 0 Å². The Morgan fingerprint density at radius 1 is 1.37 bits per heavy atom. The monoisotopic (exact) mass is 261 g/mol. The maximum atomic E-state index is 6.04. The smallest absolute Gasteiger partial charge is 0.0832 e. The summed E-state index contributed by atoms with van der Waals surface area (Å²) < 4.78 is 6.04. The van der Waals surface area contributed by atoms with Crippen LogP contribution in [0.3, 0.4) is 0 Å². The summed E-state index contributed by atoms with van der Waals surface area (Å²) in [7, 11) is 2.03. The number of rotatable bonds is 5. The van der Waals surface area contributed by atoms with Crippen molar-refractivity contribution in [2.45, 2.75) is 52.2 Å². The third-order valence-electron chi connectivity index (χ3n) is 4.18. The van der Waals surface area contributed by atoms with E-state index in [0.717, 1.165) is 19.4 Å². The van der Waals surface area contributed by atoms with Crippen LogP contribution in [0.5, 0.6) is 0 Å². The lowest BCUT2D eigenvalue weighted by molar-refractivity contribution is 0.00900. The Morgan fingerprint density at radius 3 is 2.84 bits per heavy atom. The van der Waals surface area contributed by atoms with Crippen molar-refractivity contribution in [3.63, 3.8) is 0 Å². The van der Waals surface area contributed by atoms with Crippen LogP contribution < -0.4 is 5.32 Å². The van der Waals surface area contributed by atoms with Gasteiger partial charge in [0.25, 0.3) is 0 Å².